The summed E-state index contributed by atoms with van der Waals surface area (Å²) in [5.74, 6) is 0.962. The van der Waals surface area contributed by atoms with Crippen LogP contribution in [0.1, 0.15) is 33.3 Å². The highest BCUT2D eigenvalue weighted by Gasteiger charge is 2.34. The van der Waals surface area contributed by atoms with Crippen molar-refractivity contribution in [3.8, 4) is 5.75 Å². The second-order valence-corrected chi connectivity index (χ2v) is 7.65. The molecule has 0 saturated carbocycles. The lowest BCUT2D eigenvalue weighted by atomic mass is 9.95. The molecule has 0 aliphatic carbocycles. The minimum absolute atomic E-state index is 0.0654. The number of ketones is 1. The van der Waals surface area contributed by atoms with Gasteiger partial charge in [0.15, 0.2) is 5.78 Å². The highest BCUT2D eigenvalue weighted by atomic mass is 16.6. The number of nitrogens with zero attached hydrogens (tertiary/aromatic N) is 1. The molecule has 0 fully saturated rings. The van der Waals surface area contributed by atoms with E-state index < -0.39 is 12.1 Å². The van der Waals surface area contributed by atoms with Gasteiger partial charge in [-0.1, -0.05) is 72.8 Å². The van der Waals surface area contributed by atoms with Gasteiger partial charge in [0.2, 0.25) is 0 Å². The van der Waals surface area contributed by atoms with Gasteiger partial charge in [-0.05, 0) is 35.4 Å². The third-order valence-electron chi connectivity index (χ3n) is 5.40. The average molecular weight is 456 g/mol. The molecule has 1 aromatic heterocycles. The van der Waals surface area contributed by atoms with E-state index in [1.54, 1.807) is 67.8 Å². The summed E-state index contributed by atoms with van der Waals surface area (Å²) in [6.07, 6.45) is 0.912. The Balaban J connectivity index is 1.71. The lowest BCUT2D eigenvalue weighted by Crippen LogP contribution is -2.39. The molecular weight excluding hydrogens is 430 g/mol. The first-order valence-electron chi connectivity index (χ1n) is 10.9. The van der Waals surface area contributed by atoms with E-state index in [4.69, 9.17) is 13.9 Å². The molecule has 0 bridgehead atoms. The predicted molar refractivity (Wildman–Crippen MR) is 127 cm³/mol. The molecule has 0 radical (unpaired) electrons. The van der Waals surface area contributed by atoms with Crippen LogP contribution in [-0.4, -0.2) is 23.9 Å². The van der Waals surface area contributed by atoms with E-state index in [0.717, 1.165) is 5.56 Å². The first-order valence-corrected chi connectivity index (χ1v) is 10.9. The molecule has 1 amide bonds. The van der Waals surface area contributed by atoms with Gasteiger partial charge in [-0.3, -0.25) is 9.69 Å². The highest BCUT2D eigenvalue weighted by Crippen LogP contribution is 2.29. The number of furan rings is 1. The molecule has 6 heteroatoms. The van der Waals surface area contributed by atoms with Gasteiger partial charge in [0.25, 0.3) is 0 Å². The summed E-state index contributed by atoms with van der Waals surface area (Å²) in [4.78, 5) is 28.5. The Morgan fingerprint density at radius 3 is 2.15 bits per heavy atom. The summed E-state index contributed by atoms with van der Waals surface area (Å²) in [5.41, 5.74) is 1.98. The van der Waals surface area contributed by atoms with E-state index >= 15 is 0 Å². The number of rotatable bonds is 9. The third-order valence-corrected chi connectivity index (χ3v) is 5.40. The first-order chi connectivity index (χ1) is 16.7. The fourth-order valence-electron chi connectivity index (χ4n) is 3.65. The number of hydrogen-bond acceptors (Lipinski definition) is 5. The average Bonchev–Trinajstić information content (AvgIpc) is 3.41. The summed E-state index contributed by atoms with van der Waals surface area (Å²) in [6.45, 7) is 0.152. The van der Waals surface area contributed by atoms with E-state index in [2.05, 4.69) is 0 Å². The minimum atomic E-state index is -0.929. The minimum Gasteiger partial charge on any atom is -0.497 e. The maximum Gasteiger partial charge on any atom is 0.411 e. The number of methoxy groups -OCH3 is 1. The van der Waals surface area contributed by atoms with Crippen LogP contribution in [0.15, 0.2) is 108 Å². The van der Waals surface area contributed by atoms with Crippen molar-refractivity contribution in [3.63, 3.8) is 0 Å². The number of Topliss-reactive ketones (excluding diaryl/α,β-unsaturated/α-hetero) is 1. The summed E-state index contributed by atoms with van der Waals surface area (Å²) < 4.78 is 16.4. The van der Waals surface area contributed by atoms with E-state index in [0.29, 0.717) is 22.6 Å². The van der Waals surface area contributed by atoms with Gasteiger partial charge in [0, 0.05) is 5.56 Å². The summed E-state index contributed by atoms with van der Waals surface area (Å²) in [6, 6.07) is 28.0. The van der Waals surface area contributed by atoms with Crippen LogP contribution in [-0.2, 0) is 17.9 Å². The lowest BCUT2D eigenvalue weighted by Gasteiger charge is -2.30. The molecule has 1 unspecified atom stereocenters. The van der Waals surface area contributed by atoms with Crippen molar-refractivity contribution < 1.29 is 23.5 Å². The Morgan fingerprint density at radius 2 is 1.53 bits per heavy atom. The Labute approximate surface area is 198 Å². The molecule has 0 saturated heterocycles. The molecule has 1 atom stereocenters. The smallest absolute Gasteiger partial charge is 0.411 e. The van der Waals surface area contributed by atoms with Gasteiger partial charge in [-0.15, -0.1) is 0 Å². The molecule has 6 nitrogen and oxygen atoms in total. The van der Waals surface area contributed by atoms with Gasteiger partial charge in [-0.2, -0.15) is 0 Å². The van der Waals surface area contributed by atoms with Crippen LogP contribution in [0.25, 0.3) is 0 Å². The van der Waals surface area contributed by atoms with Crippen molar-refractivity contribution in [1.29, 1.82) is 0 Å². The number of carbonyl (C=O) groups is 2. The third kappa shape index (κ3) is 5.53. The van der Waals surface area contributed by atoms with Crippen molar-refractivity contribution in [2.45, 2.75) is 19.2 Å². The molecule has 1 heterocycles. The Hall–Kier alpha value is -4.32. The zero-order valence-electron chi connectivity index (χ0n) is 18.8. The second-order valence-electron chi connectivity index (χ2n) is 7.65. The van der Waals surface area contributed by atoms with Crippen molar-refractivity contribution >= 4 is 11.9 Å². The Morgan fingerprint density at radius 1 is 0.853 bits per heavy atom. The molecule has 172 valence electrons. The van der Waals surface area contributed by atoms with E-state index in [1.165, 1.54) is 11.2 Å². The topological polar surface area (TPSA) is 69.0 Å². The second kappa shape index (κ2) is 11.0. The summed E-state index contributed by atoms with van der Waals surface area (Å²) in [7, 11) is 1.58. The van der Waals surface area contributed by atoms with Crippen molar-refractivity contribution in [3.05, 3.63) is 126 Å². The van der Waals surface area contributed by atoms with Crippen LogP contribution in [0.4, 0.5) is 4.79 Å². The number of amides is 1. The predicted octanol–water partition coefficient (Wildman–Crippen LogP) is 6.05. The van der Waals surface area contributed by atoms with Gasteiger partial charge in [0.1, 0.15) is 24.2 Å². The van der Waals surface area contributed by atoms with E-state index in [9.17, 15) is 9.59 Å². The molecule has 0 spiro atoms. The zero-order valence-corrected chi connectivity index (χ0v) is 18.8. The fraction of sp³-hybridized carbons (Fsp3) is 0.143. The first kappa shape index (κ1) is 22.9. The zero-order chi connectivity index (χ0) is 23.8. The van der Waals surface area contributed by atoms with Crippen molar-refractivity contribution in [2.75, 3.05) is 7.11 Å². The molecule has 4 rings (SSSR count). The van der Waals surface area contributed by atoms with Crippen LogP contribution in [0.2, 0.25) is 0 Å². The molecule has 0 aliphatic rings. The standard InChI is InChI=1S/C28H25NO5/c1-32-24-16-14-22(15-17-24)26(27(30)23-11-6-3-7-12-23)29(19-25-13-8-18-33-25)28(31)34-20-21-9-4-2-5-10-21/h2-18,26H,19-20H2,1H3. The summed E-state index contributed by atoms with van der Waals surface area (Å²) in [5, 5.41) is 0. The maximum atomic E-state index is 13.7. The quantitative estimate of drug-likeness (QED) is 0.287. The largest absolute Gasteiger partial charge is 0.497 e. The SMILES string of the molecule is COc1ccc(C(C(=O)c2ccccc2)N(Cc2ccco2)C(=O)OCc2ccccc2)cc1. The van der Waals surface area contributed by atoms with Crippen LogP contribution >= 0.6 is 0 Å². The van der Waals surface area contributed by atoms with Crippen LogP contribution in [0.3, 0.4) is 0 Å². The van der Waals surface area contributed by atoms with E-state index in [1.807, 2.05) is 36.4 Å². The van der Waals surface area contributed by atoms with Gasteiger partial charge >= 0.3 is 6.09 Å². The van der Waals surface area contributed by atoms with Gasteiger partial charge < -0.3 is 13.9 Å². The van der Waals surface area contributed by atoms with Crippen LogP contribution in [0, 0.1) is 0 Å². The number of benzene rings is 3. The van der Waals surface area contributed by atoms with Gasteiger partial charge in [-0.25, -0.2) is 4.79 Å². The summed E-state index contributed by atoms with van der Waals surface area (Å²) >= 11 is 0. The monoisotopic (exact) mass is 455 g/mol. The normalized spacial score (nSPS) is 11.4. The van der Waals surface area contributed by atoms with Gasteiger partial charge in [0.05, 0.1) is 19.9 Å². The van der Waals surface area contributed by atoms with Crippen LogP contribution < -0.4 is 4.74 Å². The Bertz CT molecular complexity index is 1190. The molecule has 0 N–H and O–H groups in total. The van der Waals surface area contributed by atoms with Crippen molar-refractivity contribution in [1.82, 2.24) is 4.90 Å². The molecule has 4 aromatic rings. The van der Waals surface area contributed by atoms with Crippen LogP contribution in [0.5, 0.6) is 5.75 Å². The number of carbonyl (C=O) groups excluding carboxylic acids is 2. The highest BCUT2D eigenvalue weighted by molar-refractivity contribution is 6.02. The molecular formula is C28H25NO5. The lowest BCUT2D eigenvalue weighted by molar-refractivity contribution is 0.0608. The molecule has 0 aliphatic heterocycles. The fourth-order valence-corrected chi connectivity index (χ4v) is 3.65. The maximum absolute atomic E-state index is 13.7. The number of ether oxygens (including phenoxy) is 2. The molecule has 34 heavy (non-hydrogen) atoms. The number of hydrogen-bond donors (Lipinski definition) is 0. The Kier molecular flexibility index (Phi) is 7.40. The van der Waals surface area contributed by atoms with E-state index in [-0.39, 0.29) is 18.9 Å². The molecule has 3 aromatic carbocycles. The van der Waals surface area contributed by atoms with Crippen molar-refractivity contribution in [2.24, 2.45) is 0 Å².